The van der Waals surface area contributed by atoms with Gasteiger partial charge in [-0.1, -0.05) is 61.4 Å². The Bertz CT molecular complexity index is 1250. The van der Waals surface area contributed by atoms with E-state index in [-0.39, 0.29) is 11.8 Å². The summed E-state index contributed by atoms with van der Waals surface area (Å²) < 4.78 is 16.7. The van der Waals surface area contributed by atoms with E-state index in [2.05, 4.69) is 41.0 Å². The molecule has 0 heterocycles. The smallest absolute Gasteiger partial charge is 0.220 e. The van der Waals surface area contributed by atoms with Gasteiger partial charge in [0.1, 0.15) is 5.75 Å². The lowest BCUT2D eigenvalue weighted by Gasteiger charge is -2.17. The normalized spacial score (nSPS) is 10.6. The van der Waals surface area contributed by atoms with Crippen LogP contribution in [-0.2, 0) is 35.3 Å². The van der Waals surface area contributed by atoms with Gasteiger partial charge in [0.15, 0.2) is 11.5 Å². The number of methoxy groups -OCH3 is 3. The van der Waals surface area contributed by atoms with Crippen LogP contribution in [0, 0.1) is 0 Å². The summed E-state index contributed by atoms with van der Waals surface area (Å²) in [5, 5.41) is 6.06. The average Bonchev–Trinajstić information content (AvgIpc) is 3.02. The number of benzene rings is 3. The summed E-state index contributed by atoms with van der Waals surface area (Å²) in [5.74, 6) is 2.45. The molecule has 2 N–H and O–H groups in total. The van der Waals surface area contributed by atoms with Crippen molar-refractivity contribution in [1.82, 2.24) is 10.6 Å². The van der Waals surface area contributed by atoms with E-state index in [1.807, 2.05) is 36.4 Å². The Morgan fingerprint density at radius 1 is 0.619 bits per heavy atom. The molecule has 0 aliphatic heterocycles. The quantitative estimate of drug-likeness (QED) is 0.175. The third-order valence-electron chi connectivity index (χ3n) is 7.40. The summed E-state index contributed by atoms with van der Waals surface area (Å²) in [4.78, 5) is 24.5. The number of carbonyl (C=O) groups excluding carboxylic acids is 2. The van der Waals surface area contributed by atoms with Crippen LogP contribution in [0.4, 0.5) is 0 Å². The van der Waals surface area contributed by atoms with Gasteiger partial charge in [0, 0.05) is 31.5 Å². The molecule has 226 valence electrons. The van der Waals surface area contributed by atoms with Gasteiger partial charge in [-0.25, -0.2) is 0 Å². The van der Waals surface area contributed by atoms with Crippen molar-refractivity contribution >= 4 is 11.8 Å². The highest BCUT2D eigenvalue weighted by Crippen LogP contribution is 2.34. The van der Waals surface area contributed by atoms with Gasteiger partial charge in [-0.2, -0.15) is 0 Å². The monoisotopic (exact) mass is 574 g/mol. The Balaban J connectivity index is 1.35. The van der Waals surface area contributed by atoms with E-state index >= 15 is 0 Å². The topological polar surface area (TPSA) is 85.9 Å². The van der Waals surface area contributed by atoms with Gasteiger partial charge in [-0.3, -0.25) is 9.59 Å². The summed E-state index contributed by atoms with van der Waals surface area (Å²) in [6, 6.07) is 22.2. The van der Waals surface area contributed by atoms with Crippen molar-refractivity contribution in [3.8, 4) is 17.2 Å². The van der Waals surface area contributed by atoms with Crippen molar-refractivity contribution in [2.75, 3.05) is 34.4 Å². The summed E-state index contributed by atoms with van der Waals surface area (Å²) in [7, 11) is 4.98. The summed E-state index contributed by atoms with van der Waals surface area (Å²) in [6.07, 6.45) is 7.75. The number of hydrogen-bond donors (Lipinski definition) is 2. The van der Waals surface area contributed by atoms with E-state index in [0.717, 1.165) is 67.6 Å². The maximum Gasteiger partial charge on any atom is 0.220 e. The van der Waals surface area contributed by atoms with Crippen molar-refractivity contribution in [3.63, 3.8) is 0 Å². The third kappa shape index (κ3) is 11.1. The summed E-state index contributed by atoms with van der Waals surface area (Å²) >= 11 is 0. The van der Waals surface area contributed by atoms with E-state index in [1.54, 1.807) is 21.3 Å². The van der Waals surface area contributed by atoms with Gasteiger partial charge in [-0.05, 0) is 73.4 Å². The average molecular weight is 575 g/mol. The minimum Gasteiger partial charge on any atom is -0.497 e. The molecule has 0 unspecified atom stereocenters. The Labute approximate surface area is 251 Å². The molecule has 0 spiro atoms. The maximum absolute atomic E-state index is 12.5. The molecule has 0 aliphatic carbocycles. The Morgan fingerprint density at radius 3 is 1.93 bits per heavy atom. The van der Waals surface area contributed by atoms with E-state index < -0.39 is 0 Å². The van der Waals surface area contributed by atoms with Crippen LogP contribution in [0.25, 0.3) is 0 Å². The second-order valence-electron chi connectivity index (χ2n) is 10.4. The molecule has 0 radical (unpaired) electrons. The number of hydrogen-bond acceptors (Lipinski definition) is 5. The van der Waals surface area contributed by atoms with Gasteiger partial charge in [-0.15, -0.1) is 0 Å². The highest BCUT2D eigenvalue weighted by atomic mass is 16.5. The molecule has 3 aromatic rings. The lowest BCUT2D eigenvalue weighted by Crippen LogP contribution is -2.25. The SMILES string of the molecule is COc1cccc(CCc2c(CCNC(=O)CCCCCCC(=O)NCCc3ccccc3)ccc(OC)c2OC)c1. The first kappa shape index (κ1) is 32.5. The van der Waals surface area contributed by atoms with Crippen LogP contribution in [0.2, 0.25) is 0 Å². The van der Waals surface area contributed by atoms with Gasteiger partial charge in [0.05, 0.1) is 21.3 Å². The van der Waals surface area contributed by atoms with Crippen LogP contribution in [0.3, 0.4) is 0 Å². The lowest BCUT2D eigenvalue weighted by atomic mass is 9.96. The molecule has 3 rings (SSSR count). The van der Waals surface area contributed by atoms with E-state index in [9.17, 15) is 9.59 Å². The van der Waals surface area contributed by atoms with Gasteiger partial charge < -0.3 is 24.8 Å². The fraction of sp³-hybridized carbons (Fsp3) is 0.429. The molecule has 0 saturated heterocycles. The number of unbranched alkanes of at least 4 members (excludes halogenated alkanes) is 3. The number of rotatable bonds is 19. The molecule has 7 nitrogen and oxygen atoms in total. The summed E-state index contributed by atoms with van der Waals surface area (Å²) in [6.45, 7) is 1.22. The molecular weight excluding hydrogens is 528 g/mol. The van der Waals surface area contributed by atoms with E-state index in [1.165, 1.54) is 11.1 Å². The number of carbonyl (C=O) groups is 2. The van der Waals surface area contributed by atoms with Crippen LogP contribution >= 0.6 is 0 Å². The fourth-order valence-corrected chi connectivity index (χ4v) is 5.07. The second kappa shape index (κ2) is 18.4. The minimum absolute atomic E-state index is 0.0621. The molecule has 0 bridgehead atoms. The third-order valence-corrected chi connectivity index (χ3v) is 7.40. The first-order valence-electron chi connectivity index (χ1n) is 15.0. The predicted molar refractivity (Wildman–Crippen MR) is 168 cm³/mol. The highest BCUT2D eigenvalue weighted by Gasteiger charge is 2.15. The largest absolute Gasteiger partial charge is 0.497 e. The standard InChI is InChI=1S/C35H46N2O5/c1-40-30-15-11-14-28(26-30)18-20-31-29(19-21-32(41-2)35(31)42-3)23-25-37-34(39)17-10-5-4-9-16-33(38)36-24-22-27-12-7-6-8-13-27/h6-8,11-15,19,21,26H,4-5,9-10,16-18,20,22-25H2,1-3H3,(H,36,38)(H,37,39). The zero-order chi connectivity index (χ0) is 30.0. The van der Waals surface area contributed by atoms with E-state index in [0.29, 0.717) is 38.1 Å². The van der Waals surface area contributed by atoms with Crippen LogP contribution < -0.4 is 24.8 Å². The fourth-order valence-electron chi connectivity index (χ4n) is 5.07. The molecule has 0 fully saturated rings. The molecule has 2 amide bonds. The first-order valence-corrected chi connectivity index (χ1v) is 15.0. The van der Waals surface area contributed by atoms with Crippen LogP contribution in [0.15, 0.2) is 66.7 Å². The van der Waals surface area contributed by atoms with Crippen LogP contribution in [-0.4, -0.2) is 46.2 Å². The van der Waals surface area contributed by atoms with Crippen molar-refractivity contribution in [2.45, 2.75) is 64.2 Å². The second-order valence-corrected chi connectivity index (χ2v) is 10.4. The number of amides is 2. The van der Waals surface area contributed by atoms with Gasteiger partial charge >= 0.3 is 0 Å². The first-order chi connectivity index (χ1) is 20.5. The molecular formula is C35H46N2O5. The van der Waals surface area contributed by atoms with Crippen molar-refractivity contribution < 1.29 is 23.8 Å². The zero-order valence-corrected chi connectivity index (χ0v) is 25.4. The number of ether oxygens (including phenoxy) is 3. The predicted octanol–water partition coefficient (Wildman–Crippen LogP) is 5.86. The van der Waals surface area contributed by atoms with Crippen molar-refractivity contribution in [1.29, 1.82) is 0 Å². The minimum atomic E-state index is 0.0621. The highest BCUT2D eigenvalue weighted by molar-refractivity contribution is 5.76. The molecule has 0 saturated carbocycles. The molecule has 3 aromatic carbocycles. The Kier molecular flexibility index (Phi) is 14.3. The molecule has 7 heteroatoms. The van der Waals surface area contributed by atoms with Gasteiger partial charge in [0.25, 0.3) is 0 Å². The summed E-state index contributed by atoms with van der Waals surface area (Å²) in [5.41, 5.74) is 4.64. The van der Waals surface area contributed by atoms with Crippen molar-refractivity contribution in [2.24, 2.45) is 0 Å². The Hall–Kier alpha value is -4.00. The Morgan fingerprint density at radius 2 is 1.29 bits per heavy atom. The molecule has 0 atom stereocenters. The van der Waals surface area contributed by atoms with Crippen LogP contribution in [0.1, 0.15) is 60.8 Å². The maximum atomic E-state index is 12.5. The van der Waals surface area contributed by atoms with E-state index in [4.69, 9.17) is 14.2 Å². The molecule has 0 aromatic heterocycles. The van der Waals surface area contributed by atoms with Crippen molar-refractivity contribution in [3.05, 3.63) is 89.0 Å². The number of nitrogens with one attached hydrogen (secondary N) is 2. The number of aryl methyl sites for hydroxylation is 1. The lowest BCUT2D eigenvalue weighted by molar-refractivity contribution is -0.122. The molecule has 42 heavy (non-hydrogen) atoms. The van der Waals surface area contributed by atoms with Gasteiger partial charge in [0.2, 0.25) is 11.8 Å². The zero-order valence-electron chi connectivity index (χ0n) is 25.4. The molecule has 0 aliphatic rings. The van der Waals surface area contributed by atoms with Crippen LogP contribution in [0.5, 0.6) is 17.2 Å².